The molecule has 2 N–H and O–H groups in total. The number of phenolic OH excluding ortho intramolecular Hbond substituents is 1. The first kappa shape index (κ1) is 21.7. The smallest absolute Gasteiger partial charge is 0.185 e. The highest BCUT2D eigenvalue weighted by Crippen LogP contribution is 2.45. The van der Waals surface area contributed by atoms with Crippen LogP contribution in [0.4, 0.5) is 10.2 Å². The number of hydrogen-bond acceptors (Lipinski definition) is 9. The summed E-state index contributed by atoms with van der Waals surface area (Å²) in [6.45, 7) is 4.10. The second kappa shape index (κ2) is 7.71. The molecule has 170 valence electrons. The van der Waals surface area contributed by atoms with Crippen molar-refractivity contribution in [3.8, 4) is 33.8 Å². The summed E-state index contributed by atoms with van der Waals surface area (Å²) in [7, 11) is 1.83. The van der Waals surface area contributed by atoms with Gasteiger partial charge in [-0.2, -0.15) is 5.26 Å². The Kier molecular flexibility index (Phi) is 5.06. The minimum absolute atomic E-state index is 0.0104. The van der Waals surface area contributed by atoms with Crippen molar-refractivity contribution in [2.75, 3.05) is 11.9 Å². The third-order valence-corrected chi connectivity index (χ3v) is 7.85. The van der Waals surface area contributed by atoms with Gasteiger partial charge in [0.1, 0.15) is 27.9 Å². The molecule has 1 aromatic carbocycles. The molecule has 33 heavy (non-hydrogen) atoms. The van der Waals surface area contributed by atoms with E-state index in [-0.39, 0.29) is 23.2 Å². The van der Waals surface area contributed by atoms with Crippen molar-refractivity contribution in [3.05, 3.63) is 35.5 Å². The molecule has 4 atom stereocenters. The predicted octanol–water partition coefficient (Wildman–Crippen LogP) is 3.69. The van der Waals surface area contributed by atoms with Gasteiger partial charge in [0.15, 0.2) is 11.6 Å². The van der Waals surface area contributed by atoms with Crippen LogP contribution in [0.25, 0.3) is 22.0 Å². The Labute approximate surface area is 195 Å². The number of nitrogens with zero attached hydrogens (tertiary/aromatic N) is 6. The Morgan fingerprint density at radius 3 is 2.73 bits per heavy atom. The fraction of sp³-hybridized carbons (Fsp3) is 0.435. The van der Waals surface area contributed by atoms with E-state index < -0.39 is 11.7 Å². The average molecular weight is 466 g/mol. The summed E-state index contributed by atoms with van der Waals surface area (Å²) in [6, 6.07) is 6.79. The Morgan fingerprint density at radius 1 is 1.24 bits per heavy atom. The van der Waals surface area contributed by atoms with Crippen molar-refractivity contribution in [1.29, 1.82) is 5.26 Å². The number of alkyl halides is 1. The summed E-state index contributed by atoms with van der Waals surface area (Å²) in [6.07, 6.45) is 4.47. The van der Waals surface area contributed by atoms with Crippen LogP contribution in [0.2, 0.25) is 0 Å². The molecule has 2 fully saturated rings. The minimum Gasteiger partial charge on any atom is -0.507 e. The number of thiazole rings is 1. The summed E-state index contributed by atoms with van der Waals surface area (Å²) in [4.78, 5) is 10.9. The van der Waals surface area contributed by atoms with Gasteiger partial charge in [0, 0.05) is 23.7 Å². The van der Waals surface area contributed by atoms with Crippen LogP contribution in [0.5, 0.6) is 5.75 Å². The fourth-order valence-corrected chi connectivity index (χ4v) is 5.78. The molecule has 0 amide bonds. The van der Waals surface area contributed by atoms with Gasteiger partial charge < -0.3 is 15.3 Å². The molecule has 10 heteroatoms. The van der Waals surface area contributed by atoms with Gasteiger partial charge in [-0.1, -0.05) is 6.07 Å². The number of aromatic nitrogens is 4. The van der Waals surface area contributed by atoms with E-state index in [4.69, 9.17) is 5.26 Å². The highest BCUT2D eigenvalue weighted by atomic mass is 32.1. The van der Waals surface area contributed by atoms with E-state index in [1.165, 1.54) is 17.5 Å². The molecule has 2 bridgehead atoms. The first-order valence-electron chi connectivity index (χ1n) is 10.8. The zero-order valence-electron chi connectivity index (χ0n) is 18.6. The number of halogens is 1. The Balaban J connectivity index is 1.37. The maximum Gasteiger partial charge on any atom is 0.185 e. The number of hydrogen-bond donors (Lipinski definition) is 2. The summed E-state index contributed by atoms with van der Waals surface area (Å²) >= 11 is 1.25. The lowest BCUT2D eigenvalue weighted by Crippen LogP contribution is -2.65. The van der Waals surface area contributed by atoms with Crippen LogP contribution in [0.1, 0.15) is 38.0 Å². The van der Waals surface area contributed by atoms with Gasteiger partial charge >= 0.3 is 0 Å². The maximum absolute atomic E-state index is 15.4. The highest BCUT2D eigenvalue weighted by Gasteiger charge is 2.56. The van der Waals surface area contributed by atoms with E-state index in [1.54, 1.807) is 24.4 Å². The first-order valence-corrected chi connectivity index (χ1v) is 11.6. The molecule has 2 aromatic heterocycles. The second-order valence-electron chi connectivity index (χ2n) is 9.40. The lowest BCUT2D eigenvalue weighted by atomic mass is 9.82. The summed E-state index contributed by atoms with van der Waals surface area (Å²) in [5, 5.41) is 32.1. The lowest BCUT2D eigenvalue weighted by molar-refractivity contribution is 0.0859. The number of nitrogens with one attached hydrogen (secondary N) is 1. The normalized spacial score (nSPS) is 28.5. The minimum atomic E-state index is -1.04. The molecule has 0 unspecified atom stereocenters. The molecule has 2 aliphatic heterocycles. The number of rotatable bonds is 4. The molecule has 0 aliphatic carbocycles. The SMILES string of the molecule is CN(c1cnc(-c2ccc(-c3ncc(C#N)s3)cc2O)nn1)[C@H]1C[C@]2(C)CC[C@@](C)(N2)[C@H]1F. The van der Waals surface area contributed by atoms with E-state index in [1.807, 2.05) is 18.9 Å². The van der Waals surface area contributed by atoms with Gasteiger partial charge in [0.05, 0.1) is 24.0 Å². The van der Waals surface area contributed by atoms with E-state index >= 15 is 4.39 Å². The number of anilines is 1. The molecule has 2 saturated heterocycles. The van der Waals surface area contributed by atoms with E-state index in [0.717, 1.165) is 12.8 Å². The molecule has 0 saturated carbocycles. The zero-order valence-corrected chi connectivity index (χ0v) is 19.4. The second-order valence-corrected chi connectivity index (χ2v) is 10.4. The van der Waals surface area contributed by atoms with Gasteiger partial charge in [-0.25, -0.2) is 14.4 Å². The molecule has 0 radical (unpaired) electrons. The van der Waals surface area contributed by atoms with Gasteiger partial charge in [-0.05, 0) is 45.2 Å². The van der Waals surface area contributed by atoms with E-state index in [2.05, 4.69) is 38.5 Å². The topological polar surface area (TPSA) is 111 Å². The summed E-state index contributed by atoms with van der Waals surface area (Å²) < 4.78 is 15.4. The molecule has 3 aromatic rings. The maximum atomic E-state index is 15.4. The third kappa shape index (κ3) is 3.71. The Bertz CT molecular complexity index is 1240. The van der Waals surface area contributed by atoms with Crippen molar-refractivity contribution >= 4 is 17.2 Å². The van der Waals surface area contributed by atoms with Crippen LogP contribution in [0, 0.1) is 11.3 Å². The van der Waals surface area contributed by atoms with E-state index in [0.29, 0.717) is 33.3 Å². The monoisotopic (exact) mass is 465 g/mol. The van der Waals surface area contributed by atoms with Gasteiger partial charge in [0.25, 0.3) is 0 Å². The largest absolute Gasteiger partial charge is 0.507 e. The van der Waals surface area contributed by atoms with Crippen LogP contribution in [0.15, 0.2) is 30.6 Å². The zero-order chi connectivity index (χ0) is 23.4. The quantitative estimate of drug-likeness (QED) is 0.600. The average Bonchev–Trinajstić information content (AvgIpc) is 3.39. The molecule has 2 aliphatic rings. The molecule has 4 heterocycles. The number of nitriles is 1. The van der Waals surface area contributed by atoms with Crippen LogP contribution >= 0.6 is 11.3 Å². The van der Waals surface area contributed by atoms with Crippen molar-refractivity contribution in [1.82, 2.24) is 25.5 Å². The van der Waals surface area contributed by atoms with Gasteiger partial charge in [0.2, 0.25) is 0 Å². The lowest BCUT2D eigenvalue weighted by Gasteiger charge is -2.47. The van der Waals surface area contributed by atoms with Gasteiger partial charge in [-0.3, -0.25) is 0 Å². The van der Waals surface area contributed by atoms with E-state index in [9.17, 15) is 5.11 Å². The number of fused-ring (bicyclic) bond motifs is 2. The van der Waals surface area contributed by atoms with Crippen molar-refractivity contribution < 1.29 is 9.50 Å². The van der Waals surface area contributed by atoms with Crippen LogP contribution in [0.3, 0.4) is 0 Å². The third-order valence-electron chi connectivity index (χ3n) is 6.90. The molecular weight excluding hydrogens is 441 g/mol. The predicted molar refractivity (Wildman–Crippen MR) is 124 cm³/mol. The Morgan fingerprint density at radius 2 is 2.06 bits per heavy atom. The van der Waals surface area contributed by atoms with Crippen molar-refractivity contribution in [2.45, 2.75) is 56.4 Å². The van der Waals surface area contributed by atoms with Crippen molar-refractivity contribution in [3.63, 3.8) is 0 Å². The first-order chi connectivity index (χ1) is 15.7. The summed E-state index contributed by atoms with van der Waals surface area (Å²) in [5.41, 5.74) is 0.506. The fourth-order valence-electron chi connectivity index (χ4n) is 5.07. The van der Waals surface area contributed by atoms with Crippen LogP contribution < -0.4 is 10.2 Å². The number of phenols is 1. The molecule has 8 nitrogen and oxygen atoms in total. The van der Waals surface area contributed by atoms with Crippen LogP contribution in [-0.4, -0.2) is 55.6 Å². The number of benzene rings is 1. The molecule has 5 rings (SSSR count). The number of aromatic hydroxyl groups is 1. The summed E-state index contributed by atoms with van der Waals surface area (Å²) in [5.74, 6) is 0.751. The van der Waals surface area contributed by atoms with Crippen molar-refractivity contribution in [2.24, 2.45) is 0 Å². The highest BCUT2D eigenvalue weighted by molar-refractivity contribution is 7.15. The van der Waals surface area contributed by atoms with Gasteiger partial charge in [-0.15, -0.1) is 21.5 Å². The number of piperidine rings is 1. The standard InChI is InChI=1S/C23H24FN7OS/c1-22-6-7-23(2,30-22)19(24)16(9-22)31(3)18-12-26-20(29-28-18)15-5-4-13(8-17(15)32)21-27-11-14(10-25)33-21/h4-5,8,11-12,16,19,30,32H,6-7,9H2,1-3H3/t16-,19-,22-,23+/m0/s1. The Hall–Kier alpha value is -3.16. The van der Waals surface area contributed by atoms with Crippen LogP contribution in [-0.2, 0) is 0 Å². The molecule has 0 spiro atoms. The molecular formula is C23H24FN7OS.